The second kappa shape index (κ2) is 9.65. The first-order valence-electron chi connectivity index (χ1n) is 9.56. The van der Waals surface area contributed by atoms with Crippen molar-refractivity contribution < 1.29 is 23.9 Å². The summed E-state index contributed by atoms with van der Waals surface area (Å²) in [7, 11) is 4.61. The molecule has 0 aliphatic carbocycles. The zero-order chi connectivity index (χ0) is 23.3. The number of amides is 3. The summed E-state index contributed by atoms with van der Waals surface area (Å²) >= 11 is 0. The summed E-state index contributed by atoms with van der Waals surface area (Å²) in [5, 5.41) is 12.2. The third-order valence-corrected chi connectivity index (χ3v) is 4.41. The highest BCUT2D eigenvalue weighted by molar-refractivity contribution is 6.07. The molecule has 0 saturated heterocycles. The van der Waals surface area contributed by atoms with Crippen LogP contribution in [0.25, 0.3) is 0 Å². The highest BCUT2D eigenvalue weighted by Gasteiger charge is 2.17. The SMILES string of the molecule is COc1ccc(NC(C)=O)cc1NC(=O)c1ccc(NC(=O)c2cn(C)nc2OC)cc1. The molecule has 3 aromatic rings. The first kappa shape index (κ1) is 22.3. The molecule has 0 spiro atoms. The topological polar surface area (TPSA) is 124 Å². The number of carbonyl (C=O) groups excluding carboxylic acids is 3. The number of nitrogens with one attached hydrogen (secondary N) is 3. The third kappa shape index (κ3) is 5.22. The van der Waals surface area contributed by atoms with E-state index in [1.54, 1.807) is 55.7 Å². The summed E-state index contributed by atoms with van der Waals surface area (Å²) in [6, 6.07) is 11.3. The number of aromatic nitrogens is 2. The predicted molar refractivity (Wildman–Crippen MR) is 119 cm³/mol. The Morgan fingerprint density at radius 1 is 0.875 bits per heavy atom. The van der Waals surface area contributed by atoms with Crippen LogP contribution in [0.15, 0.2) is 48.7 Å². The summed E-state index contributed by atoms with van der Waals surface area (Å²) in [5.74, 6) is -0.325. The third-order valence-electron chi connectivity index (χ3n) is 4.41. The lowest BCUT2D eigenvalue weighted by Crippen LogP contribution is -2.14. The number of anilines is 3. The largest absolute Gasteiger partial charge is 0.495 e. The fourth-order valence-corrected chi connectivity index (χ4v) is 2.96. The van der Waals surface area contributed by atoms with Crippen LogP contribution in [0.4, 0.5) is 17.1 Å². The number of benzene rings is 2. The number of aryl methyl sites for hydroxylation is 1. The Kier molecular flexibility index (Phi) is 6.74. The Balaban J connectivity index is 1.71. The number of rotatable bonds is 7. The van der Waals surface area contributed by atoms with Crippen molar-refractivity contribution in [2.24, 2.45) is 7.05 Å². The Morgan fingerprint density at radius 2 is 1.56 bits per heavy atom. The van der Waals surface area contributed by atoms with Crippen molar-refractivity contribution in [2.45, 2.75) is 6.92 Å². The van der Waals surface area contributed by atoms with Crippen molar-refractivity contribution in [3.63, 3.8) is 0 Å². The average Bonchev–Trinajstić information content (AvgIpc) is 3.15. The molecule has 3 amide bonds. The first-order valence-corrected chi connectivity index (χ1v) is 9.56. The molecule has 0 aliphatic heterocycles. The summed E-state index contributed by atoms with van der Waals surface area (Å²) in [5.41, 5.74) is 2.10. The monoisotopic (exact) mass is 437 g/mol. The molecule has 0 atom stereocenters. The van der Waals surface area contributed by atoms with Crippen LogP contribution in [-0.2, 0) is 11.8 Å². The summed E-state index contributed by atoms with van der Waals surface area (Å²) < 4.78 is 11.9. The van der Waals surface area contributed by atoms with Gasteiger partial charge in [-0.3, -0.25) is 19.1 Å². The van der Waals surface area contributed by atoms with E-state index in [1.807, 2.05) is 0 Å². The molecule has 1 aromatic heterocycles. The second-order valence-corrected chi connectivity index (χ2v) is 6.81. The lowest BCUT2D eigenvalue weighted by atomic mass is 10.1. The number of hydrogen-bond acceptors (Lipinski definition) is 6. The quantitative estimate of drug-likeness (QED) is 0.522. The molecule has 32 heavy (non-hydrogen) atoms. The zero-order valence-corrected chi connectivity index (χ0v) is 18.1. The molecule has 0 aliphatic rings. The highest BCUT2D eigenvalue weighted by Crippen LogP contribution is 2.28. The van der Waals surface area contributed by atoms with E-state index in [-0.39, 0.29) is 23.6 Å². The van der Waals surface area contributed by atoms with E-state index in [1.165, 1.54) is 25.8 Å². The van der Waals surface area contributed by atoms with Crippen LogP contribution < -0.4 is 25.4 Å². The maximum Gasteiger partial charge on any atom is 0.262 e. The van der Waals surface area contributed by atoms with Gasteiger partial charge in [-0.15, -0.1) is 5.10 Å². The number of nitrogens with zero attached hydrogens (tertiary/aromatic N) is 2. The number of methoxy groups -OCH3 is 2. The van der Waals surface area contributed by atoms with Gasteiger partial charge in [-0.1, -0.05) is 0 Å². The van der Waals surface area contributed by atoms with Gasteiger partial charge in [-0.2, -0.15) is 0 Å². The van der Waals surface area contributed by atoms with Gasteiger partial charge in [-0.05, 0) is 42.5 Å². The van der Waals surface area contributed by atoms with Crippen molar-refractivity contribution in [1.29, 1.82) is 0 Å². The lowest BCUT2D eigenvalue weighted by molar-refractivity contribution is -0.114. The fourth-order valence-electron chi connectivity index (χ4n) is 2.96. The number of carbonyl (C=O) groups is 3. The van der Waals surface area contributed by atoms with Crippen LogP contribution in [0.5, 0.6) is 11.6 Å². The normalized spacial score (nSPS) is 10.2. The van der Waals surface area contributed by atoms with Gasteiger partial charge in [0.1, 0.15) is 11.3 Å². The van der Waals surface area contributed by atoms with E-state index in [0.29, 0.717) is 33.9 Å². The van der Waals surface area contributed by atoms with Crippen LogP contribution in [0, 0.1) is 0 Å². The predicted octanol–water partition coefficient (Wildman–Crippen LogP) is 2.90. The molecule has 3 N–H and O–H groups in total. The standard InChI is InChI=1S/C22H23N5O5/c1-13(28)23-16-9-10-19(31-3)18(11-16)25-20(29)14-5-7-15(8-6-14)24-21(30)17-12-27(2)26-22(17)32-4/h5-12H,1-4H3,(H,23,28)(H,24,30)(H,25,29). The smallest absolute Gasteiger partial charge is 0.262 e. The molecular weight excluding hydrogens is 414 g/mol. The van der Waals surface area contributed by atoms with Crippen molar-refractivity contribution in [3.05, 3.63) is 59.8 Å². The van der Waals surface area contributed by atoms with Crippen molar-refractivity contribution in [1.82, 2.24) is 9.78 Å². The number of hydrogen-bond donors (Lipinski definition) is 3. The molecular formula is C22H23N5O5. The summed E-state index contributed by atoms with van der Waals surface area (Å²) in [6.07, 6.45) is 1.55. The summed E-state index contributed by atoms with van der Waals surface area (Å²) in [4.78, 5) is 36.5. The molecule has 0 radical (unpaired) electrons. The van der Waals surface area contributed by atoms with Gasteiger partial charge in [0.25, 0.3) is 11.8 Å². The van der Waals surface area contributed by atoms with Crippen LogP contribution in [0.1, 0.15) is 27.6 Å². The molecule has 0 unspecified atom stereocenters. The molecule has 1 heterocycles. The minimum absolute atomic E-state index is 0.219. The van der Waals surface area contributed by atoms with Crippen molar-refractivity contribution >= 4 is 34.8 Å². The molecule has 0 saturated carbocycles. The molecule has 2 aromatic carbocycles. The van der Waals surface area contributed by atoms with Gasteiger partial charge in [0.2, 0.25) is 11.8 Å². The Bertz CT molecular complexity index is 1150. The van der Waals surface area contributed by atoms with E-state index in [4.69, 9.17) is 9.47 Å². The van der Waals surface area contributed by atoms with Gasteiger partial charge in [0.15, 0.2) is 0 Å². The van der Waals surface area contributed by atoms with Crippen LogP contribution in [0.2, 0.25) is 0 Å². The fraction of sp³-hybridized carbons (Fsp3) is 0.182. The maximum atomic E-state index is 12.7. The van der Waals surface area contributed by atoms with E-state index < -0.39 is 0 Å². The van der Waals surface area contributed by atoms with Gasteiger partial charge in [-0.25, -0.2) is 0 Å². The molecule has 166 valence electrons. The van der Waals surface area contributed by atoms with E-state index in [0.717, 1.165) is 0 Å². The van der Waals surface area contributed by atoms with Gasteiger partial charge < -0.3 is 25.4 Å². The molecule has 10 nitrogen and oxygen atoms in total. The maximum absolute atomic E-state index is 12.7. The van der Waals surface area contributed by atoms with Crippen LogP contribution in [0.3, 0.4) is 0 Å². The van der Waals surface area contributed by atoms with Crippen molar-refractivity contribution in [3.8, 4) is 11.6 Å². The molecule has 0 bridgehead atoms. The minimum Gasteiger partial charge on any atom is -0.495 e. The van der Waals surface area contributed by atoms with E-state index in [2.05, 4.69) is 21.0 Å². The van der Waals surface area contributed by atoms with Gasteiger partial charge in [0, 0.05) is 37.1 Å². The van der Waals surface area contributed by atoms with Crippen LogP contribution >= 0.6 is 0 Å². The van der Waals surface area contributed by atoms with Crippen LogP contribution in [-0.4, -0.2) is 41.7 Å². The Morgan fingerprint density at radius 3 is 2.19 bits per heavy atom. The minimum atomic E-state index is -0.383. The number of ether oxygens (including phenoxy) is 2. The Labute approximate surface area is 184 Å². The second-order valence-electron chi connectivity index (χ2n) is 6.81. The molecule has 0 fully saturated rings. The molecule has 10 heteroatoms. The van der Waals surface area contributed by atoms with Gasteiger partial charge >= 0.3 is 0 Å². The Hall–Kier alpha value is -4.34. The van der Waals surface area contributed by atoms with Gasteiger partial charge in [0.05, 0.1) is 19.9 Å². The van der Waals surface area contributed by atoms with Crippen molar-refractivity contribution in [2.75, 3.05) is 30.2 Å². The van der Waals surface area contributed by atoms with E-state index in [9.17, 15) is 14.4 Å². The highest BCUT2D eigenvalue weighted by atomic mass is 16.5. The lowest BCUT2D eigenvalue weighted by Gasteiger charge is -2.13. The molecule has 3 rings (SSSR count). The van der Waals surface area contributed by atoms with E-state index >= 15 is 0 Å². The summed E-state index contributed by atoms with van der Waals surface area (Å²) in [6.45, 7) is 1.40. The average molecular weight is 437 g/mol. The zero-order valence-electron chi connectivity index (χ0n) is 18.1. The first-order chi connectivity index (χ1) is 15.3.